The first-order valence-electron chi connectivity index (χ1n) is 7.40. The van der Waals surface area contributed by atoms with Crippen molar-refractivity contribution in [3.8, 4) is 0 Å². The molecule has 2 atom stereocenters. The summed E-state index contributed by atoms with van der Waals surface area (Å²) in [5, 5.41) is 4.14. The van der Waals surface area contributed by atoms with E-state index >= 15 is 0 Å². The number of hydrogen-bond acceptors (Lipinski definition) is 6. The van der Waals surface area contributed by atoms with Crippen LogP contribution >= 0.6 is 0 Å². The zero-order valence-electron chi connectivity index (χ0n) is 13.1. The van der Waals surface area contributed by atoms with Crippen molar-refractivity contribution >= 4 is 0 Å². The summed E-state index contributed by atoms with van der Waals surface area (Å²) < 4.78 is 5.44. The van der Waals surface area contributed by atoms with Crippen molar-refractivity contribution in [1.82, 2.24) is 19.9 Å². The summed E-state index contributed by atoms with van der Waals surface area (Å²) in [5.41, 5.74) is 5.63. The summed E-state index contributed by atoms with van der Waals surface area (Å²) in [6, 6.07) is 0.449. The van der Waals surface area contributed by atoms with E-state index in [-0.39, 0.29) is 5.41 Å². The molecule has 1 aliphatic rings. The molecule has 2 heterocycles. The van der Waals surface area contributed by atoms with E-state index in [2.05, 4.69) is 47.9 Å². The maximum absolute atomic E-state index is 5.84. The van der Waals surface area contributed by atoms with Gasteiger partial charge >= 0.3 is 0 Å². The Kier molecular flexibility index (Phi) is 4.78. The van der Waals surface area contributed by atoms with Gasteiger partial charge in [-0.1, -0.05) is 12.1 Å². The van der Waals surface area contributed by atoms with Crippen LogP contribution in [0.2, 0.25) is 0 Å². The third-order valence-corrected chi connectivity index (χ3v) is 4.61. The minimum absolute atomic E-state index is 0.208. The molecule has 0 radical (unpaired) electrons. The molecule has 6 heteroatoms. The van der Waals surface area contributed by atoms with Crippen molar-refractivity contribution in [1.29, 1.82) is 0 Å². The standard InChI is InChI=1S/C14H27N5O/c1-5-14(2,10-15)13-16-12(17-20-13)8-11-9-18(3)6-7-19(11)4/h11H,5-10,15H2,1-4H3. The highest BCUT2D eigenvalue weighted by molar-refractivity contribution is 5.04. The molecule has 2 unspecified atom stereocenters. The third-order valence-electron chi connectivity index (χ3n) is 4.61. The Labute approximate surface area is 121 Å². The molecule has 0 spiro atoms. The Morgan fingerprint density at radius 2 is 2.15 bits per heavy atom. The van der Waals surface area contributed by atoms with E-state index in [4.69, 9.17) is 10.3 Å². The Hall–Kier alpha value is -0.980. The molecule has 0 bridgehead atoms. The van der Waals surface area contributed by atoms with Crippen LogP contribution in [0.5, 0.6) is 0 Å². The molecule has 1 saturated heterocycles. The monoisotopic (exact) mass is 281 g/mol. The average molecular weight is 281 g/mol. The fraction of sp³-hybridized carbons (Fsp3) is 0.857. The Morgan fingerprint density at radius 1 is 1.40 bits per heavy atom. The van der Waals surface area contributed by atoms with Crippen LogP contribution in [0, 0.1) is 0 Å². The van der Waals surface area contributed by atoms with Crippen molar-refractivity contribution in [2.24, 2.45) is 5.73 Å². The number of aromatic nitrogens is 2. The van der Waals surface area contributed by atoms with Gasteiger partial charge in [-0.15, -0.1) is 0 Å². The van der Waals surface area contributed by atoms with Gasteiger partial charge in [-0.2, -0.15) is 4.98 Å². The summed E-state index contributed by atoms with van der Waals surface area (Å²) in [6.07, 6.45) is 1.73. The minimum atomic E-state index is -0.208. The van der Waals surface area contributed by atoms with Crippen molar-refractivity contribution in [2.75, 3.05) is 40.3 Å². The molecule has 1 aromatic heterocycles. The molecule has 1 fully saturated rings. The van der Waals surface area contributed by atoms with E-state index in [1.54, 1.807) is 0 Å². The van der Waals surface area contributed by atoms with E-state index in [1.165, 1.54) is 0 Å². The Balaban J connectivity index is 2.06. The molecule has 2 rings (SSSR count). The molecule has 1 aliphatic heterocycles. The number of nitrogens with two attached hydrogens (primary N) is 1. The zero-order chi connectivity index (χ0) is 14.8. The predicted octanol–water partition coefficient (Wildman–Crippen LogP) is 0.484. The Morgan fingerprint density at radius 3 is 2.80 bits per heavy atom. The van der Waals surface area contributed by atoms with Gasteiger partial charge in [0.2, 0.25) is 5.89 Å². The van der Waals surface area contributed by atoms with Crippen LogP contribution in [0.4, 0.5) is 0 Å². The van der Waals surface area contributed by atoms with Crippen LogP contribution in [0.3, 0.4) is 0 Å². The second kappa shape index (κ2) is 6.20. The molecule has 114 valence electrons. The van der Waals surface area contributed by atoms with Gasteiger partial charge in [-0.3, -0.25) is 0 Å². The highest BCUT2D eigenvalue weighted by Crippen LogP contribution is 2.24. The van der Waals surface area contributed by atoms with Crippen molar-refractivity contribution in [3.05, 3.63) is 11.7 Å². The maximum atomic E-state index is 5.84. The van der Waals surface area contributed by atoms with Crippen LogP contribution in [-0.4, -0.2) is 66.3 Å². The normalized spacial score (nSPS) is 24.8. The SMILES string of the molecule is CCC(C)(CN)c1nc(CC2CN(C)CCN2C)no1. The number of hydrogen-bond donors (Lipinski definition) is 1. The molecule has 0 aliphatic carbocycles. The van der Waals surface area contributed by atoms with E-state index in [0.717, 1.165) is 38.3 Å². The third kappa shape index (κ3) is 3.19. The largest absolute Gasteiger partial charge is 0.339 e. The van der Waals surface area contributed by atoms with Crippen molar-refractivity contribution in [2.45, 2.75) is 38.1 Å². The molecule has 0 saturated carbocycles. The first-order valence-corrected chi connectivity index (χ1v) is 7.40. The lowest BCUT2D eigenvalue weighted by Crippen LogP contribution is -2.50. The smallest absolute Gasteiger partial charge is 0.233 e. The van der Waals surface area contributed by atoms with Crippen LogP contribution in [0.25, 0.3) is 0 Å². The van der Waals surface area contributed by atoms with E-state index < -0.39 is 0 Å². The number of nitrogens with zero attached hydrogens (tertiary/aromatic N) is 4. The Bertz CT molecular complexity index is 429. The first kappa shape index (κ1) is 15.4. The van der Waals surface area contributed by atoms with Gasteiger partial charge in [0.25, 0.3) is 0 Å². The molecule has 1 aromatic rings. The quantitative estimate of drug-likeness (QED) is 0.846. The van der Waals surface area contributed by atoms with Gasteiger partial charge < -0.3 is 20.1 Å². The number of rotatable bonds is 5. The van der Waals surface area contributed by atoms with Gasteiger partial charge in [0.1, 0.15) is 0 Å². The van der Waals surface area contributed by atoms with Crippen LogP contribution in [0.15, 0.2) is 4.52 Å². The highest BCUT2D eigenvalue weighted by atomic mass is 16.5. The molecule has 6 nitrogen and oxygen atoms in total. The minimum Gasteiger partial charge on any atom is -0.339 e. The summed E-state index contributed by atoms with van der Waals surface area (Å²) in [7, 11) is 4.32. The molecule has 0 aromatic carbocycles. The highest BCUT2D eigenvalue weighted by Gasteiger charge is 2.31. The second-order valence-corrected chi connectivity index (χ2v) is 6.23. The summed E-state index contributed by atoms with van der Waals surface area (Å²) in [6.45, 7) is 7.94. The summed E-state index contributed by atoms with van der Waals surface area (Å²) in [5.74, 6) is 1.46. The molecular weight excluding hydrogens is 254 g/mol. The molecular formula is C14H27N5O. The van der Waals surface area contributed by atoms with Crippen molar-refractivity contribution < 1.29 is 4.52 Å². The maximum Gasteiger partial charge on any atom is 0.233 e. The first-order chi connectivity index (χ1) is 9.48. The van der Waals surface area contributed by atoms with E-state index in [9.17, 15) is 0 Å². The average Bonchev–Trinajstić information content (AvgIpc) is 2.91. The van der Waals surface area contributed by atoms with Crippen molar-refractivity contribution in [3.63, 3.8) is 0 Å². The van der Waals surface area contributed by atoms with Gasteiger partial charge in [0.15, 0.2) is 5.82 Å². The zero-order valence-corrected chi connectivity index (χ0v) is 13.1. The van der Waals surface area contributed by atoms with Gasteiger partial charge in [0, 0.05) is 38.6 Å². The molecule has 2 N–H and O–H groups in total. The van der Waals surface area contributed by atoms with Crippen LogP contribution in [0.1, 0.15) is 32.0 Å². The topological polar surface area (TPSA) is 71.4 Å². The lowest BCUT2D eigenvalue weighted by Gasteiger charge is -2.37. The summed E-state index contributed by atoms with van der Waals surface area (Å²) >= 11 is 0. The predicted molar refractivity (Wildman–Crippen MR) is 78.6 cm³/mol. The lowest BCUT2D eigenvalue weighted by molar-refractivity contribution is 0.113. The van der Waals surface area contributed by atoms with Crippen LogP contribution in [-0.2, 0) is 11.8 Å². The second-order valence-electron chi connectivity index (χ2n) is 6.23. The van der Waals surface area contributed by atoms with Gasteiger partial charge in [-0.05, 0) is 27.4 Å². The lowest BCUT2D eigenvalue weighted by atomic mass is 9.88. The fourth-order valence-corrected chi connectivity index (χ4v) is 2.50. The molecule has 0 amide bonds. The molecule has 20 heavy (non-hydrogen) atoms. The van der Waals surface area contributed by atoms with E-state index in [1.807, 2.05) is 0 Å². The number of likely N-dealkylation sites (N-methyl/N-ethyl adjacent to an activating group) is 2. The van der Waals surface area contributed by atoms with Gasteiger partial charge in [0.05, 0.1) is 5.41 Å². The van der Waals surface area contributed by atoms with Gasteiger partial charge in [-0.25, -0.2) is 0 Å². The fourth-order valence-electron chi connectivity index (χ4n) is 2.50. The summed E-state index contributed by atoms with van der Waals surface area (Å²) in [4.78, 5) is 9.30. The van der Waals surface area contributed by atoms with E-state index in [0.29, 0.717) is 18.5 Å². The van der Waals surface area contributed by atoms with Crippen LogP contribution < -0.4 is 5.73 Å². The number of piperazine rings is 1.